The summed E-state index contributed by atoms with van der Waals surface area (Å²) in [5.74, 6) is 0. The first-order valence-electron chi connectivity index (χ1n) is 6.52. The van der Waals surface area contributed by atoms with Crippen LogP contribution in [0.3, 0.4) is 0 Å². The van der Waals surface area contributed by atoms with E-state index in [2.05, 4.69) is 19.4 Å². The van der Waals surface area contributed by atoms with Gasteiger partial charge in [-0.25, -0.2) is 12.5 Å². The summed E-state index contributed by atoms with van der Waals surface area (Å²) in [7, 11) is 0. The molecule has 0 rings (SSSR count). The molecule has 0 atom stereocenters. The summed E-state index contributed by atoms with van der Waals surface area (Å²) in [5.41, 5.74) is 0. The zero-order chi connectivity index (χ0) is 10.5. The molecule has 0 nitrogen and oxygen atoms in total. The summed E-state index contributed by atoms with van der Waals surface area (Å²) < 4.78 is 0. The molecule has 0 heterocycles. The van der Waals surface area contributed by atoms with Gasteiger partial charge in [-0.3, -0.25) is 0 Å². The van der Waals surface area contributed by atoms with E-state index in [1.165, 1.54) is 70.5 Å². The molecule has 16 heavy (non-hydrogen) atoms. The summed E-state index contributed by atoms with van der Waals surface area (Å²) in [6.07, 6.45) is 15.7. The summed E-state index contributed by atoms with van der Waals surface area (Å²) >= 11 is 4.21. The Morgan fingerprint density at radius 3 is 1.44 bits per heavy atom. The molecule has 0 spiro atoms. The zero-order valence-corrected chi connectivity index (χ0v) is 19.1. The van der Waals surface area contributed by atoms with Gasteiger partial charge in [0.05, 0.1) is 0 Å². The molecule has 0 saturated heterocycles. The smallest absolute Gasteiger partial charge is 0.187 e. The molecular weight excluding hydrogens is 265 g/mol. The summed E-state index contributed by atoms with van der Waals surface area (Å²) in [6, 6.07) is 0. The van der Waals surface area contributed by atoms with Gasteiger partial charge >= 0.3 is 0 Å². The minimum absolute atomic E-state index is 0. The van der Waals surface area contributed by atoms with Gasteiger partial charge in [0.1, 0.15) is 0 Å². The van der Waals surface area contributed by atoms with Gasteiger partial charge in [-0.05, 0) is 0 Å². The Hall–Kier alpha value is 3.69. The van der Waals surface area contributed by atoms with Crippen LogP contribution in [0.4, 0.5) is 0 Å². The van der Waals surface area contributed by atoms with E-state index in [-0.39, 0.29) is 103 Å². The van der Waals surface area contributed by atoms with Crippen LogP contribution in [0.5, 0.6) is 0 Å². The van der Waals surface area contributed by atoms with Crippen LogP contribution in [-0.4, -0.2) is 109 Å². The van der Waals surface area contributed by atoms with Crippen LogP contribution in [-0.2, 0) is 0 Å². The van der Waals surface area contributed by atoms with E-state index in [0.29, 0.717) is 0 Å². The molecule has 86 valence electrons. The second kappa shape index (κ2) is 23.8. The number of unbranched alkanes of at least 4 members (excludes halogenated alkanes) is 9. The maximum atomic E-state index is 4.21. The van der Waals surface area contributed by atoms with Crippen LogP contribution < -0.4 is 0 Å². The number of hydrogen-bond donors (Lipinski definition) is 1. The van der Waals surface area contributed by atoms with Crippen molar-refractivity contribution in [1.29, 1.82) is 0 Å². The largest absolute Gasteiger partial charge is 0.232 e. The topological polar surface area (TPSA) is 0 Å². The van der Waals surface area contributed by atoms with Gasteiger partial charge < -0.3 is 0 Å². The second-order valence-corrected chi connectivity index (χ2v) is 4.71. The fourth-order valence-corrected chi connectivity index (χ4v) is 2.00. The van der Waals surface area contributed by atoms with Gasteiger partial charge in [0.25, 0.3) is 0 Å². The molecule has 0 amide bonds. The summed E-state index contributed by atoms with van der Waals surface area (Å²) in [4.78, 5) is 0. The van der Waals surface area contributed by atoms with Crippen LogP contribution in [0.25, 0.3) is 0 Å². The number of rotatable bonds is 11. The third-order valence-electron chi connectivity index (χ3n) is 2.76. The van der Waals surface area contributed by atoms with Crippen molar-refractivity contribution in [3.8, 4) is 0 Å². The second-order valence-electron chi connectivity index (χ2n) is 4.26. The van der Waals surface area contributed by atoms with Gasteiger partial charge in [-0.1, -0.05) is 77.5 Å². The third kappa shape index (κ3) is 22.8. The maximum absolute atomic E-state index is 4.21. The molecule has 0 aromatic carbocycles. The molecule has 0 saturated carbocycles. The van der Waals surface area contributed by atoms with Crippen molar-refractivity contribution in [2.75, 3.05) is 0 Å². The van der Waals surface area contributed by atoms with Crippen molar-refractivity contribution in [3.63, 3.8) is 0 Å². The first kappa shape index (κ1) is 24.7. The standard InChI is InChI=1S/C12H27BS.2K/c1-2-3-4-5-6-7-8-9-10-11-12-13-14;;/h13-14H,2-12H2,1H3;;. The van der Waals surface area contributed by atoms with E-state index < -0.39 is 0 Å². The predicted molar refractivity (Wildman–Crippen MR) is 84.3 cm³/mol. The monoisotopic (exact) mass is 292 g/mol. The fraction of sp³-hybridized carbons (Fsp3) is 1.00. The van der Waals surface area contributed by atoms with Crippen LogP contribution in [0.1, 0.15) is 71.1 Å². The van der Waals surface area contributed by atoms with Crippen LogP contribution in [0.2, 0.25) is 6.32 Å². The average molecular weight is 292 g/mol. The summed E-state index contributed by atoms with van der Waals surface area (Å²) in [6.45, 7) is 3.35. The first-order chi connectivity index (χ1) is 6.91. The van der Waals surface area contributed by atoms with Crippen LogP contribution in [0.15, 0.2) is 0 Å². The number of thiol groups is 1. The molecule has 0 fully saturated rings. The molecule has 0 aromatic rings. The van der Waals surface area contributed by atoms with Crippen LogP contribution >= 0.6 is 12.5 Å². The third-order valence-corrected chi connectivity index (χ3v) is 3.08. The van der Waals surface area contributed by atoms with E-state index in [0.717, 1.165) is 6.56 Å². The van der Waals surface area contributed by atoms with E-state index >= 15 is 0 Å². The Morgan fingerprint density at radius 2 is 1.06 bits per heavy atom. The molecule has 4 heteroatoms. The van der Waals surface area contributed by atoms with E-state index in [1.807, 2.05) is 0 Å². The van der Waals surface area contributed by atoms with E-state index in [4.69, 9.17) is 0 Å². The van der Waals surface area contributed by atoms with Crippen molar-refractivity contribution in [1.82, 2.24) is 0 Å². The minimum Gasteiger partial charge on any atom is -0.232 e. The van der Waals surface area contributed by atoms with Gasteiger partial charge in [0.2, 0.25) is 0 Å². The minimum atomic E-state index is 0. The van der Waals surface area contributed by atoms with Gasteiger partial charge in [0, 0.05) is 103 Å². The Balaban J connectivity index is -0.000000845. The Labute approximate surface area is 195 Å². The Bertz CT molecular complexity index is 93.0. The van der Waals surface area contributed by atoms with Gasteiger partial charge in [-0.15, -0.1) is 0 Å². The van der Waals surface area contributed by atoms with E-state index in [1.54, 1.807) is 0 Å². The van der Waals surface area contributed by atoms with Crippen molar-refractivity contribution in [2.24, 2.45) is 0 Å². The molecule has 0 aliphatic heterocycles. The molecule has 0 aliphatic carbocycles. The molecule has 0 aliphatic rings. The Morgan fingerprint density at radius 1 is 0.688 bits per heavy atom. The van der Waals surface area contributed by atoms with Crippen molar-refractivity contribution in [3.05, 3.63) is 0 Å². The maximum Gasteiger partial charge on any atom is 0.187 e. The quantitative estimate of drug-likeness (QED) is 0.334. The fourth-order valence-electron chi connectivity index (χ4n) is 1.78. The van der Waals surface area contributed by atoms with Crippen molar-refractivity contribution >= 4 is 122 Å². The zero-order valence-electron chi connectivity index (χ0n) is 11.9. The molecular formula is C12H27BK2S. The summed E-state index contributed by atoms with van der Waals surface area (Å²) in [5, 5.41) is 0. The van der Waals surface area contributed by atoms with Gasteiger partial charge in [0.15, 0.2) is 6.56 Å². The Kier molecular flexibility index (Phi) is 36.7. The van der Waals surface area contributed by atoms with Crippen molar-refractivity contribution in [2.45, 2.75) is 77.5 Å². The number of hydrogen-bond acceptors (Lipinski definition) is 1. The average Bonchev–Trinajstić information content (AvgIpc) is 2.21. The SMILES string of the molecule is CCCCCCCCCCCCBS.[K].[K]. The molecule has 0 aromatic heterocycles. The molecule has 0 bridgehead atoms. The molecule has 0 N–H and O–H groups in total. The van der Waals surface area contributed by atoms with E-state index in [9.17, 15) is 0 Å². The van der Waals surface area contributed by atoms with Gasteiger partial charge in [-0.2, -0.15) is 0 Å². The van der Waals surface area contributed by atoms with Crippen LogP contribution in [0, 0.1) is 0 Å². The normalized spacial score (nSPS) is 9.12. The first-order valence-corrected chi connectivity index (χ1v) is 7.16. The molecule has 2 radical (unpaired) electrons. The van der Waals surface area contributed by atoms with Crippen molar-refractivity contribution < 1.29 is 0 Å². The predicted octanol–water partition coefficient (Wildman–Crippen LogP) is 3.85. The molecule has 0 unspecified atom stereocenters.